The number of benzene rings is 1. The smallest absolute Gasteiger partial charge is 0.324 e. The van der Waals surface area contributed by atoms with Crippen LogP contribution in [0.4, 0.5) is 22.2 Å². The van der Waals surface area contributed by atoms with E-state index in [9.17, 15) is 9.59 Å². The van der Waals surface area contributed by atoms with Gasteiger partial charge in [0.25, 0.3) is 0 Å². The van der Waals surface area contributed by atoms with Crippen molar-refractivity contribution in [3.63, 3.8) is 0 Å². The molecule has 1 aliphatic heterocycles. The first-order valence-electron chi connectivity index (χ1n) is 9.39. The van der Waals surface area contributed by atoms with Gasteiger partial charge in [0.05, 0.1) is 13.7 Å². The summed E-state index contributed by atoms with van der Waals surface area (Å²) in [6.45, 7) is 0.879. The summed E-state index contributed by atoms with van der Waals surface area (Å²) in [5, 5.41) is 5.49. The largest absolute Gasteiger partial charge is 0.481 e. The predicted molar refractivity (Wildman–Crippen MR) is 113 cm³/mol. The quantitative estimate of drug-likeness (QED) is 0.673. The summed E-state index contributed by atoms with van der Waals surface area (Å²) in [4.78, 5) is 38.4. The summed E-state index contributed by atoms with van der Waals surface area (Å²) in [5.41, 5.74) is 2.44. The first kappa shape index (κ1) is 19.3. The molecule has 1 aromatic carbocycles. The molecule has 1 saturated heterocycles. The lowest BCUT2D eigenvalue weighted by Gasteiger charge is -2.15. The monoisotopic (exact) mass is 404 g/mol. The van der Waals surface area contributed by atoms with Gasteiger partial charge in [-0.2, -0.15) is 4.98 Å². The summed E-state index contributed by atoms with van der Waals surface area (Å²) < 4.78 is 5.08. The van der Waals surface area contributed by atoms with Crippen molar-refractivity contribution < 1.29 is 14.3 Å². The van der Waals surface area contributed by atoms with Crippen molar-refractivity contribution in [1.82, 2.24) is 15.0 Å². The van der Waals surface area contributed by atoms with Gasteiger partial charge in [0, 0.05) is 42.7 Å². The third-order valence-electron chi connectivity index (χ3n) is 4.59. The molecule has 2 amide bonds. The number of rotatable bonds is 5. The first-order valence-corrected chi connectivity index (χ1v) is 9.39. The van der Waals surface area contributed by atoms with Gasteiger partial charge in [0.2, 0.25) is 11.8 Å². The highest BCUT2D eigenvalue weighted by Crippen LogP contribution is 2.23. The number of nitrogens with zero attached hydrogens (tertiary/aromatic N) is 4. The maximum atomic E-state index is 12.4. The lowest BCUT2D eigenvalue weighted by molar-refractivity contribution is -0.116. The van der Waals surface area contributed by atoms with Crippen molar-refractivity contribution in [2.24, 2.45) is 0 Å². The highest BCUT2D eigenvalue weighted by atomic mass is 16.5. The third-order valence-corrected chi connectivity index (χ3v) is 4.59. The Kier molecular flexibility index (Phi) is 5.51. The van der Waals surface area contributed by atoms with Crippen LogP contribution in [0.3, 0.4) is 0 Å². The first-order chi connectivity index (χ1) is 14.6. The number of amides is 2. The second-order valence-electron chi connectivity index (χ2n) is 6.70. The van der Waals surface area contributed by atoms with E-state index in [2.05, 4.69) is 25.6 Å². The van der Waals surface area contributed by atoms with Crippen LogP contribution in [0.25, 0.3) is 11.1 Å². The number of pyridine rings is 1. The number of nitrogens with one attached hydrogen (secondary N) is 2. The summed E-state index contributed by atoms with van der Waals surface area (Å²) in [6.07, 6.45) is 3.75. The molecule has 3 heterocycles. The molecular formula is C21H20N6O3. The fraction of sp³-hybridized carbons (Fsp3) is 0.190. The van der Waals surface area contributed by atoms with E-state index in [4.69, 9.17) is 4.74 Å². The van der Waals surface area contributed by atoms with Crippen LogP contribution in [0.1, 0.15) is 6.42 Å². The standard InChI is InChI=1S/C21H20N6O3/c1-30-19-6-5-15(12-23-19)14-3-2-4-16(11-14)24-21(29)26-18-7-9-22-20(25-18)27-10-8-17(28)13-27/h2-7,9,11-12H,8,10,13H2,1H3,(H2,22,24,25,26,29). The summed E-state index contributed by atoms with van der Waals surface area (Å²) in [7, 11) is 1.57. The molecule has 0 radical (unpaired) electrons. The van der Waals surface area contributed by atoms with E-state index in [1.54, 1.807) is 42.6 Å². The van der Waals surface area contributed by atoms with Crippen molar-refractivity contribution >= 4 is 29.3 Å². The molecule has 152 valence electrons. The molecule has 3 aromatic rings. The molecule has 1 fully saturated rings. The number of anilines is 3. The van der Waals surface area contributed by atoms with Crippen LogP contribution in [0, 0.1) is 0 Å². The van der Waals surface area contributed by atoms with Crippen LogP contribution in [-0.2, 0) is 4.79 Å². The Morgan fingerprint density at radius 2 is 2.00 bits per heavy atom. The topological polar surface area (TPSA) is 109 Å². The van der Waals surface area contributed by atoms with Crippen molar-refractivity contribution in [2.75, 3.05) is 35.7 Å². The molecule has 0 bridgehead atoms. The van der Waals surface area contributed by atoms with E-state index in [-0.39, 0.29) is 5.78 Å². The molecule has 2 N–H and O–H groups in total. The van der Waals surface area contributed by atoms with Gasteiger partial charge < -0.3 is 15.0 Å². The van der Waals surface area contributed by atoms with E-state index in [1.807, 2.05) is 24.3 Å². The fourth-order valence-corrected chi connectivity index (χ4v) is 3.10. The summed E-state index contributed by atoms with van der Waals surface area (Å²) >= 11 is 0. The zero-order chi connectivity index (χ0) is 20.9. The van der Waals surface area contributed by atoms with Crippen molar-refractivity contribution in [2.45, 2.75) is 6.42 Å². The second kappa shape index (κ2) is 8.56. The lowest BCUT2D eigenvalue weighted by atomic mass is 10.1. The number of Topliss-reactive ketones (excluding diaryl/α,β-unsaturated/α-hetero) is 1. The normalized spacial score (nSPS) is 13.2. The number of aromatic nitrogens is 3. The Morgan fingerprint density at radius 3 is 2.73 bits per heavy atom. The van der Waals surface area contributed by atoms with E-state index < -0.39 is 6.03 Å². The van der Waals surface area contributed by atoms with Crippen molar-refractivity contribution in [3.05, 3.63) is 54.9 Å². The number of urea groups is 1. The van der Waals surface area contributed by atoms with Crippen LogP contribution in [0.5, 0.6) is 5.88 Å². The Bertz CT molecular complexity index is 1070. The molecule has 2 aromatic heterocycles. The molecule has 0 saturated carbocycles. The Labute approximate surface area is 173 Å². The van der Waals surface area contributed by atoms with Crippen LogP contribution >= 0.6 is 0 Å². The van der Waals surface area contributed by atoms with Crippen LogP contribution < -0.4 is 20.3 Å². The summed E-state index contributed by atoms with van der Waals surface area (Å²) in [5.74, 6) is 1.47. The molecule has 4 rings (SSSR count). The van der Waals surface area contributed by atoms with Gasteiger partial charge in [-0.15, -0.1) is 0 Å². The Balaban J connectivity index is 1.42. The molecule has 0 atom stereocenters. The Morgan fingerprint density at radius 1 is 1.10 bits per heavy atom. The zero-order valence-electron chi connectivity index (χ0n) is 16.3. The molecule has 0 aliphatic carbocycles. The minimum atomic E-state index is -0.429. The van der Waals surface area contributed by atoms with Gasteiger partial charge in [0.15, 0.2) is 5.78 Å². The van der Waals surface area contributed by atoms with Gasteiger partial charge in [-0.3, -0.25) is 10.1 Å². The van der Waals surface area contributed by atoms with E-state index in [1.165, 1.54) is 0 Å². The highest BCUT2D eigenvalue weighted by molar-refractivity contribution is 5.99. The maximum Gasteiger partial charge on any atom is 0.324 e. The van der Waals surface area contributed by atoms with Crippen LogP contribution in [0.15, 0.2) is 54.9 Å². The third kappa shape index (κ3) is 4.52. The summed E-state index contributed by atoms with van der Waals surface area (Å²) in [6, 6.07) is 12.3. The van der Waals surface area contributed by atoms with E-state index in [0.29, 0.717) is 42.8 Å². The number of methoxy groups -OCH3 is 1. The van der Waals surface area contributed by atoms with E-state index in [0.717, 1.165) is 11.1 Å². The van der Waals surface area contributed by atoms with Gasteiger partial charge in [-0.05, 0) is 29.8 Å². The van der Waals surface area contributed by atoms with E-state index >= 15 is 0 Å². The van der Waals surface area contributed by atoms with Gasteiger partial charge in [-0.25, -0.2) is 14.8 Å². The second-order valence-corrected chi connectivity index (χ2v) is 6.70. The maximum absolute atomic E-state index is 12.4. The average molecular weight is 404 g/mol. The number of ether oxygens (including phenoxy) is 1. The van der Waals surface area contributed by atoms with Crippen molar-refractivity contribution in [3.8, 4) is 17.0 Å². The zero-order valence-corrected chi connectivity index (χ0v) is 16.3. The number of hydrogen-bond donors (Lipinski definition) is 2. The predicted octanol–water partition coefficient (Wildman–Crippen LogP) is 2.97. The minimum absolute atomic E-state index is 0.154. The SMILES string of the molecule is COc1ccc(-c2cccc(NC(=O)Nc3ccnc(N4CCC(=O)C4)n3)c2)cn1. The van der Waals surface area contributed by atoms with Gasteiger partial charge >= 0.3 is 6.03 Å². The molecule has 0 spiro atoms. The molecule has 9 heteroatoms. The minimum Gasteiger partial charge on any atom is -0.481 e. The fourth-order valence-electron chi connectivity index (χ4n) is 3.10. The number of carbonyl (C=O) groups is 2. The van der Waals surface area contributed by atoms with Crippen molar-refractivity contribution in [1.29, 1.82) is 0 Å². The number of hydrogen-bond acceptors (Lipinski definition) is 7. The average Bonchev–Trinajstić information content (AvgIpc) is 3.20. The molecule has 1 aliphatic rings. The highest BCUT2D eigenvalue weighted by Gasteiger charge is 2.21. The number of carbonyl (C=O) groups excluding carboxylic acids is 2. The number of ketones is 1. The van der Waals surface area contributed by atoms with Crippen LogP contribution in [-0.4, -0.2) is 47.0 Å². The van der Waals surface area contributed by atoms with Crippen LogP contribution in [0.2, 0.25) is 0 Å². The van der Waals surface area contributed by atoms with Gasteiger partial charge in [0.1, 0.15) is 5.82 Å². The molecular weight excluding hydrogens is 384 g/mol. The molecule has 9 nitrogen and oxygen atoms in total. The van der Waals surface area contributed by atoms with Gasteiger partial charge in [-0.1, -0.05) is 12.1 Å². The Hall–Kier alpha value is -4.01. The molecule has 30 heavy (non-hydrogen) atoms. The molecule has 0 unspecified atom stereocenters. The lowest BCUT2D eigenvalue weighted by Crippen LogP contribution is -2.24.